The Morgan fingerprint density at radius 1 is 1.37 bits per heavy atom. The fourth-order valence-corrected chi connectivity index (χ4v) is 1.34. The largest absolute Gasteiger partial charge is 0.481 e. The molecule has 19 heavy (non-hydrogen) atoms. The Labute approximate surface area is 132 Å². The van der Waals surface area contributed by atoms with E-state index in [0.29, 0.717) is 18.3 Å². The number of nitrogens with one attached hydrogen (secondary N) is 2. The van der Waals surface area contributed by atoms with Gasteiger partial charge in [0.15, 0.2) is 5.96 Å². The minimum absolute atomic E-state index is 0. The zero-order valence-corrected chi connectivity index (χ0v) is 14.3. The molecule has 0 saturated heterocycles. The summed E-state index contributed by atoms with van der Waals surface area (Å²) in [6.45, 7) is 5.91. The van der Waals surface area contributed by atoms with E-state index in [4.69, 9.17) is 4.74 Å². The molecule has 0 aromatic carbocycles. The highest BCUT2D eigenvalue weighted by molar-refractivity contribution is 14.0. The molecule has 0 aliphatic heterocycles. The van der Waals surface area contributed by atoms with Crippen molar-refractivity contribution in [3.8, 4) is 5.88 Å². The summed E-state index contributed by atoms with van der Waals surface area (Å²) in [6.07, 6.45) is 1.79. The number of aromatic nitrogens is 1. The first-order valence-corrected chi connectivity index (χ1v) is 6.09. The maximum absolute atomic E-state index is 5.01. The molecular formula is C13H23IN4O. The molecule has 0 bridgehead atoms. The summed E-state index contributed by atoms with van der Waals surface area (Å²) in [6, 6.07) is 3.83. The highest BCUT2D eigenvalue weighted by Crippen LogP contribution is 2.05. The van der Waals surface area contributed by atoms with Gasteiger partial charge in [-0.25, -0.2) is 4.98 Å². The van der Waals surface area contributed by atoms with E-state index in [1.165, 1.54) is 0 Å². The van der Waals surface area contributed by atoms with Crippen LogP contribution in [0.2, 0.25) is 0 Å². The summed E-state index contributed by atoms with van der Waals surface area (Å²) in [7, 11) is 3.37. The number of rotatable bonds is 5. The van der Waals surface area contributed by atoms with Crippen LogP contribution in [0.4, 0.5) is 0 Å². The van der Waals surface area contributed by atoms with E-state index in [0.717, 1.165) is 18.1 Å². The van der Waals surface area contributed by atoms with Crippen LogP contribution in [0.1, 0.15) is 19.4 Å². The summed E-state index contributed by atoms with van der Waals surface area (Å²) in [5.41, 5.74) is 1.09. The molecule has 0 saturated carbocycles. The lowest BCUT2D eigenvalue weighted by atomic mass is 10.2. The van der Waals surface area contributed by atoms with Gasteiger partial charge in [-0.2, -0.15) is 0 Å². The Hall–Kier alpha value is -1.05. The zero-order chi connectivity index (χ0) is 13.4. The normalized spacial score (nSPS) is 10.9. The first-order valence-electron chi connectivity index (χ1n) is 6.09. The number of halogens is 1. The van der Waals surface area contributed by atoms with Gasteiger partial charge in [0.25, 0.3) is 0 Å². The van der Waals surface area contributed by atoms with Crippen molar-refractivity contribution in [1.29, 1.82) is 0 Å². The predicted octanol–water partition coefficient (Wildman–Crippen LogP) is 2.03. The van der Waals surface area contributed by atoms with Crippen LogP contribution in [-0.4, -0.2) is 31.6 Å². The van der Waals surface area contributed by atoms with E-state index < -0.39 is 0 Å². The second-order valence-electron chi connectivity index (χ2n) is 4.41. The maximum Gasteiger partial charge on any atom is 0.212 e. The fourth-order valence-electron chi connectivity index (χ4n) is 1.34. The van der Waals surface area contributed by atoms with Crippen molar-refractivity contribution in [2.45, 2.75) is 20.4 Å². The van der Waals surface area contributed by atoms with E-state index in [-0.39, 0.29) is 24.0 Å². The highest BCUT2D eigenvalue weighted by atomic mass is 127. The van der Waals surface area contributed by atoms with Gasteiger partial charge in [0.05, 0.1) is 7.11 Å². The van der Waals surface area contributed by atoms with Crippen molar-refractivity contribution in [1.82, 2.24) is 15.6 Å². The van der Waals surface area contributed by atoms with Gasteiger partial charge < -0.3 is 15.4 Å². The van der Waals surface area contributed by atoms with Crippen LogP contribution in [0, 0.1) is 5.92 Å². The molecule has 5 nitrogen and oxygen atoms in total. The molecule has 1 aromatic rings. The van der Waals surface area contributed by atoms with Crippen LogP contribution in [-0.2, 0) is 6.54 Å². The van der Waals surface area contributed by atoms with Gasteiger partial charge in [-0.3, -0.25) is 4.99 Å². The van der Waals surface area contributed by atoms with Gasteiger partial charge in [0.1, 0.15) is 0 Å². The Balaban J connectivity index is 0.00000324. The van der Waals surface area contributed by atoms with Gasteiger partial charge in [-0.15, -0.1) is 24.0 Å². The molecule has 0 radical (unpaired) electrons. The van der Waals surface area contributed by atoms with Crippen molar-refractivity contribution in [3.63, 3.8) is 0 Å². The van der Waals surface area contributed by atoms with E-state index in [2.05, 4.69) is 34.5 Å². The number of hydrogen-bond donors (Lipinski definition) is 2. The van der Waals surface area contributed by atoms with E-state index >= 15 is 0 Å². The van der Waals surface area contributed by atoms with Gasteiger partial charge in [0.2, 0.25) is 5.88 Å². The lowest BCUT2D eigenvalue weighted by molar-refractivity contribution is 0.397. The van der Waals surface area contributed by atoms with Gasteiger partial charge in [-0.1, -0.05) is 19.9 Å². The number of hydrogen-bond acceptors (Lipinski definition) is 3. The third-order valence-electron chi connectivity index (χ3n) is 2.37. The summed E-state index contributed by atoms with van der Waals surface area (Å²) in [4.78, 5) is 8.31. The van der Waals surface area contributed by atoms with Crippen molar-refractivity contribution >= 4 is 29.9 Å². The molecular weight excluding hydrogens is 355 g/mol. The minimum Gasteiger partial charge on any atom is -0.481 e. The molecule has 1 rings (SSSR count). The third-order valence-corrected chi connectivity index (χ3v) is 2.37. The Bertz CT molecular complexity index is 379. The highest BCUT2D eigenvalue weighted by Gasteiger charge is 2.00. The first-order chi connectivity index (χ1) is 8.65. The van der Waals surface area contributed by atoms with Gasteiger partial charge >= 0.3 is 0 Å². The standard InChI is InChI=1S/C13H22N4O.HI/c1-10(2)7-16-13(14-3)17-9-11-5-6-12(18-4)15-8-11;/h5-6,8,10H,7,9H2,1-4H3,(H2,14,16,17);1H. The van der Waals surface area contributed by atoms with E-state index in [1.807, 2.05) is 12.1 Å². The molecule has 0 unspecified atom stereocenters. The van der Waals surface area contributed by atoms with Crippen LogP contribution in [0.15, 0.2) is 23.3 Å². The lowest BCUT2D eigenvalue weighted by Gasteiger charge is -2.13. The summed E-state index contributed by atoms with van der Waals surface area (Å²) < 4.78 is 5.01. The quantitative estimate of drug-likeness (QED) is 0.468. The molecule has 0 aliphatic carbocycles. The monoisotopic (exact) mass is 378 g/mol. The van der Waals surface area contributed by atoms with Crippen molar-refractivity contribution in [2.75, 3.05) is 20.7 Å². The molecule has 0 aliphatic rings. The second-order valence-corrected chi connectivity index (χ2v) is 4.41. The number of ether oxygens (including phenoxy) is 1. The zero-order valence-electron chi connectivity index (χ0n) is 11.9. The Morgan fingerprint density at radius 3 is 2.58 bits per heavy atom. The second kappa shape index (κ2) is 9.82. The predicted molar refractivity (Wildman–Crippen MR) is 89.2 cm³/mol. The summed E-state index contributed by atoms with van der Waals surface area (Å²) >= 11 is 0. The lowest BCUT2D eigenvalue weighted by Crippen LogP contribution is -2.38. The van der Waals surface area contributed by atoms with Crippen molar-refractivity contribution in [2.24, 2.45) is 10.9 Å². The van der Waals surface area contributed by atoms with Crippen LogP contribution >= 0.6 is 24.0 Å². The molecule has 0 atom stereocenters. The number of aliphatic imine (C=N–C) groups is 1. The molecule has 6 heteroatoms. The Morgan fingerprint density at radius 2 is 2.11 bits per heavy atom. The van der Waals surface area contributed by atoms with E-state index in [9.17, 15) is 0 Å². The molecule has 2 N–H and O–H groups in total. The average Bonchev–Trinajstić information content (AvgIpc) is 2.39. The van der Waals surface area contributed by atoms with Gasteiger partial charge in [0, 0.05) is 32.4 Å². The van der Waals surface area contributed by atoms with Crippen LogP contribution in [0.5, 0.6) is 5.88 Å². The van der Waals surface area contributed by atoms with Crippen molar-refractivity contribution < 1.29 is 4.74 Å². The van der Waals surface area contributed by atoms with Crippen LogP contribution < -0.4 is 15.4 Å². The summed E-state index contributed by atoms with van der Waals surface area (Å²) in [5.74, 6) is 2.02. The molecule has 0 fully saturated rings. The Kier molecular flexibility index (Phi) is 9.28. The number of nitrogens with zero attached hydrogens (tertiary/aromatic N) is 2. The molecule has 0 amide bonds. The van der Waals surface area contributed by atoms with Crippen LogP contribution in [0.3, 0.4) is 0 Å². The van der Waals surface area contributed by atoms with Gasteiger partial charge in [-0.05, 0) is 11.5 Å². The number of methoxy groups -OCH3 is 1. The molecule has 1 aromatic heterocycles. The summed E-state index contributed by atoms with van der Waals surface area (Å²) in [5, 5.41) is 6.49. The SMILES string of the molecule is CN=C(NCc1ccc(OC)nc1)NCC(C)C.I. The third kappa shape index (κ3) is 7.19. The van der Waals surface area contributed by atoms with E-state index in [1.54, 1.807) is 20.4 Å². The molecule has 1 heterocycles. The molecule has 108 valence electrons. The maximum atomic E-state index is 5.01. The minimum atomic E-state index is 0. The first kappa shape index (κ1) is 17.9. The fraction of sp³-hybridized carbons (Fsp3) is 0.538. The smallest absolute Gasteiger partial charge is 0.212 e. The average molecular weight is 378 g/mol. The van der Waals surface area contributed by atoms with Crippen LogP contribution in [0.25, 0.3) is 0 Å². The van der Waals surface area contributed by atoms with Crippen molar-refractivity contribution in [3.05, 3.63) is 23.9 Å². The number of guanidine groups is 1. The number of pyridine rings is 1. The molecule has 0 spiro atoms. The topological polar surface area (TPSA) is 58.5 Å².